The van der Waals surface area contributed by atoms with E-state index in [0.29, 0.717) is 79.5 Å². The van der Waals surface area contributed by atoms with Crippen molar-refractivity contribution in [2.75, 3.05) is 23.7 Å². The van der Waals surface area contributed by atoms with Crippen molar-refractivity contribution in [1.82, 2.24) is 30.6 Å². The maximum atomic E-state index is 12.2. The largest absolute Gasteiger partial charge is 0.457 e. The predicted octanol–water partition coefficient (Wildman–Crippen LogP) is 6.85. The van der Waals surface area contributed by atoms with Crippen LogP contribution in [0.2, 0.25) is 0 Å². The Kier molecular flexibility index (Phi) is 8.83. The van der Waals surface area contributed by atoms with Gasteiger partial charge in [0.15, 0.2) is 10.3 Å². The highest BCUT2D eigenvalue weighted by atomic mass is 32.1. The lowest BCUT2D eigenvalue weighted by molar-refractivity contribution is 0.251. The smallest absolute Gasteiger partial charge is 0.321 e. The minimum Gasteiger partial charge on any atom is -0.457 e. The van der Waals surface area contributed by atoms with Gasteiger partial charge in [-0.05, 0) is 50.2 Å². The first-order valence-electron chi connectivity index (χ1n) is 14.3. The molecular weight excluding hydrogens is 637 g/mol. The van der Waals surface area contributed by atoms with Gasteiger partial charge in [-0.25, -0.2) is 19.6 Å². The number of ether oxygens (including phenoxy) is 1. The number of benzene rings is 2. The van der Waals surface area contributed by atoms with Crippen LogP contribution in [0.25, 0.3) is 42.9 Å². The summed E-state index contributed by atoms with van der Waals surface area (Å²) in [6.45, 7) is 4.56. The minimum absolute atomic E-state index is 0.373. The molecule has 232 valence electrons. The second-order valence-corrected chi connectivity index (χ2v) is 11.8. The van der Waals surface area contributed by atoms with Crippen molar-refractivity contribution in [2.24, 2.45) is 0 Å². The van der Waals surface area contributed by atoms with Gasteiger partial charge in [-0.2, -0.15) is 10.5 Å². The number of rotatable bonds is 8. The van der Waals surface area contributed by atoms with Crippen molar-refractivity contribution in [3.63, 3.8) is 0 Å². The zero-order valence-corrected chi connectivity index (χ0v) is 26.5. The average Bonchev–Trinajstić information content (AvgIpc) is 3.67. The molecule has 0 radical (unpaired) electrons. The number of aromatic nitrogens is 4. The van der Waals surface area contributed by atoms with Crippen LogP contribution in [0.5, 0.6) is 11.5 Å². The molecule has 0 saturated carbocycles. The maximum absolute atomic E-state index is 12.2. The van der Waals surface area contributed by atoms with Crippen LogP contribution in [0, 0.1) is 22.7 Å². The van der Waals surface area contributed by atoms with Crippen LogP contribution in [0.15, 0.2) is 60.9 Å². The van der Waals surface area contributed by atoms with Crippen molar-refractivity contribution in [3.05, 3.63) is 72.1 Å². The van der Waals surface area contributed by atoms with Crippen LogP contribution in [-0.2, 0) is 0 Å². The van der Waals surface area contributed by atoms with E-state index in [4.69, 9.17) is 4.74 Å². The highest BCUT2D eigenvalue weighted by Crippen LogP contribution is 2.42. The van der Waals surface area contributed by atoms with Gasteiger partial charge in [-0.3, -0.25) is 20.6 Å². The van der Waals surface area contributed by atoms with Crippen LogP contribution in [0.1, 0.15) is 25.0 Å². The zero-order chi connectivity index (χ0) is 32.9. The number of thiazole rings is 2. The number of pyridine rings is 2. The van der Waals surface area contributed by atoms with Gasteiger partial charge < -0.3 is 15.4 Å². The zero-order valence-electron chi connectivity index (χ0n) is 24.9. The molecule has 0 unspecified atom stereocenters. The van der Waals surface area contributed by atoms with Crippen LogP contribution >= 0.6 is 22.7 Å². The Hall–Kier alpha value is -6.16. The van der Waals surface area contributed by atoms with E-state index in [0.717, 1.165) is 9.40 Å². The van der Waals surface area contributed by atoms with E-state index in [1.165, 1.54) is 35.1 Å². The quantitative estimate of drug-likeness (QED) is 0.135. The highest BCUT2D eigenvalue weighted by Gasteiger charge is 2.18. The number of hydrogen-bond donors (Lipinski definition) is 4. The van der Waals surface area contributed by atoms with E-state index in [-0.39, 0.29) is 12.1 Å². The number of urea groups is 2. The summed E-state index contributed by atoms with van der Waals surface area (Å²) in [6.07, 6.45) is 2.98. The fourth-order valence-corrected chi connectivity index (χ4v) is 6.53. The number of hydrogen-bond acceptors (Lipinski definition) is 11. The Bertz CT molecular complexity index is 2060. The minimum atomic E-state index is -0.373. The summed E-state index contributed by atoms with van der Waals surface area (Å²) in [7, 11) is 0. The van der Waals surface area contributed by atoms with Gasteiger partial charge in [0.25, 0.3) is 0 Å². The molecule has 0 aliphatic rings. The molecular formula is C32H24N10O3S2. The summed E-state index contributed by atoms with van der Waals surface area (Å²) in [5.41, 5.74) is 4.54. The molecule has 2 aromatic carbocycles. The van der Waals surface area contributed by atoms with E-state index >= 15 is 0 Å². The topological polar surface area (TPSA) is 191 Å². The summed E-state index contributed by atoms with van der Waals surface area (Å²) in [6, 6.07) is 17.4. The molecule has 0 atom stereocenters. The van der Waals surface area contributed by atoms with Gasteiger partial charge in [-0.1, -0.05) is 22.7 Å². The summed E-state index contributed by atoms with van der Waals surface area (Å²) >= 11 is 2.58. The predicted molar refractivity (Wildman–Crippen MR) is 181 cm³/mol. The third-order valence-electron chi connectivity index (χ3n) is 6.62. The normalized spacial score (nSPS) is 10.6. The molecule has 15 heteroatoms. The molecule has 0 aliphatic heterocycles. The fourth-order valence-electron chi connectivity index (χ4n) is 4.60. The lowest BCUT2D eigenvalue weighted by Crippen LogP contribution is -2.28. The number of nitriles is 2. The van der Waals surface area contributed by atoms with Crippen molar-refractivity contribution in [3.8, 4) is 46.2 Å². The summed E-state index contributed by atoms with van der Waals surface area (Å²) in [5.74, 6) is 0.866. The number of nitrogens with one attached hydrogen (secondary N) is 4. The number of fused-ring (bicyclic) bond motifs is 2. The molecule has 13 nitrogen and oxygen atoms in total. The van der Waals surface area contributed by atoms with Crippen molar-refractivity contribution in [1.29, 1.82) is 10.5 Å². The molecule has 0 spiro atoms. The molecule has 4 heterocycles. The van der Waals surface area contributed by atoms with Gasteiger partial charge in [-0.15, -0.1) is 0 Å². The Morgan fingerprint density at radius 2 is 1.17 bits per heavy atom. The Morgan fingerprint density at radius 3 is 1.53 bits per heavy atom. The first-order chi connectivity index (χ1) is 22.9. The number of carbonyl (C=O) groups is 2. The van der Waals surface area contributed by atoms with Crippen LogP contribution in [0.3, 0.4) is 0 Å². The highest BCUT2D eigenvalue weighted by molar-refractivity contribution is 7.23. The number of amides is 4. The van der Waals surface area contributed by atoms with Gasteiger partial charge >= 0.3 is 12.1 Å². The molecule has 47 heavy (non-hydrogen) atoms. The Morgan fingerprint density at radius 1 is 0.723 bits per heavy atom. The summed E-state index contributed by atoms with van der Waals surface area (Å²) in [5, 5.41) is 30.2. The van der Waals surface area contributed by atoms with Crippen molar-refractivity contribution < 1.29 is 14.3 Å². The van der Waals surface area contributed by atoms with E-state index in [1.54, 1.807) is 36.4 Å². The van der Waals surface area contributed by atoms with E-state index in [1.807, 2.05) is 26.0 Å². The monoisotopic (exact) mass is 660 g/mol. The summed E-state index contributed by atoms with van der Waals surface area (Å²) < 4.78 is 7.96. The molecule has 4 amide bonds. The van der Waals surface area contributed by atoms with E-state index in [2.05, 4.69) is 53.3 Å². The third kappa shape index (κ3) is 6.76. The Labute approximate surface area is 275 Å². The SMILES string of the molecule is CCNC(=O)Nc1nc2cc(Oc3cc(-c4ccc(C#N)cn4)c4sc(NC(=O)NCC)nc4c3)cc(-c3ccc(C#N)cn3)c2s1. The number of anilines is 2. The van der Waals surface area contributed by atoms with Gasteiger partial charge in [0.2, 0.25) is 0 Å². The van der Waals surface area contributed by atoms with Crippen molar-refractivity contribution in [2.45, 2.75) is 13.8 Å². The van der Waals surface area contributed by atoms with E-state index in [9.17, 15) is 20.1 Å². The third-order valence-corrected chi connectivity index (χ3v) is 8.66. The molecule has 6 aromatic rings. The molecule has 0 aliphatic carbocycles. The summed E-state index contributed by atoms with van der Waals surface area (Å²) in [4.78, 5) is 42.7. The standard InChI is InChI=1S/C32H24N10O3S2/c1-3-35-29(43)41-31-39-25-11-19(9-21(27(25)46-31)23-7-5-17(13-33)15-37-23)45-20-10-22(24-8-6-18(14-34)16-38-24)28-26(12-20)40-32(47-28)42-30(44)36-4-2/h5-12,15-16H,3-4H2,1-2H3,(H2,35,39,41,43)(H2,36,40,42,44). The second-order valence-electron chi connectivity index (χ2n) is 9.84. The maximum Gasteiger partial charge on any atom is 0.321 e. The van der Waals surface area contributed by atoms with Gasteiger partial charge in [0.1, 0.15) is 23.6 Å². The van der Waals surface area contributed by atoms with Crippen LogP contribution in [-0.4, -0.2) is 45.1 Å². The molecule has 6 rings (SSSR count). The first kappa shape index (κ1) is 30.8. The molecule has 4 aromatic heterocycles. The number of carbonyl (C=O) groups excluding carboxylic acids is 2. The lowest BCUT2D eigenvalue weighted by atomic mass is 10.1. The van der Waals surface area contributed by atoms with Crippen molar-refractivity contribution >= 4 is 65.4 Å². The first-order valence-corrected chi connectivity index (χ1v) is 15.9. The van der Waals surface area contributed by atoms with E-state index < -0.39 is 0 Å². The molecule has 4 N–H and O–H groups in total. The van der Waals surface area contributed by atoms with Gasteiger partial charge in [0, 0.05) is 48.7 Å². The molecule has 0 fully saturated rings. The molecule has 0 saturated heterocycles. The van der Waals surface area contributed by atoms with Crippen LogP contribution in [0.4, 0.5) is 19.9 Å². The number of nitrogens with zero attached hydrogens (tertiary/aromatic N) is 6. The van der Waals surface area contributed by atoms with Gasteiger partial charge in [0.05, 0.1) is 42.9 Å². The average molecular weight is 661 g/mol. The fraction of sp³-hybridized carbons (Fsp3) is 0.125. The Balaban J connectivity index is 1.45. The van der Waals surface area contributed by atoms with Crippen LogP contribution < -0.4 is 26.0 Å². The lowest BCUT2D eigenvalue weighted by Gasteiger charge is -2.11. The second kappa shape index (κ2) is 13.5. The molecule has 0 bridgehead atoms.